The molecule has 2 N–H and O–H groups in total. The predicted octanol–water partition coefficient (Wildman–Crippen LogP) is 2.64. The maximum atomic E-state index is 12.7. The summed E-state index contributed by atoms with van der Waals surface area (Å²) in [5.74, 6) is 0.262. The molecular formula is C19H24N2O3S. The molecule has 0 saturated carbocycles. The number of aromatic hydroxyl groups is 1. The standard InChI is InChI=1S/C19H24N2O3S/c1-15-5-7-19(8-6-15)25(23,24)21-11-9-17(10-12-21)20-14-16-3-2-4-18(22)13-16/h2-8,13,17,20,22H,9-12,14H2,1H3. The van der Waals surface area contributed by atoms with E-state index in [0.717, 1.165) is 24.0 Å². The van der Waals surface area contributed by atoms with Crippen molar-refractivity contribution in [1.82, 2.24) is 9.62 Å². The second-order valence-corrected chi connectivity index (χ2v) is 8.48. The van der Waals surface area contributed by atoms with Crippen molar-refractivity contribution in [3.8, 4) is 5.75 Å². The fourth-order valence-electron chi connectivity index (χ4n) is 3.09. The fraction of sp³-hybridized carbons (Fsp3) is 0.368. The Morgan fingerprint density at radius 2 is 1.80 bits per heavy atom. The van der Waals surface area contributed by atoms with Crippen LogP contribution in [0.2, 0.25) is 0 Å². The van der Waals surface area contributed by atoms with E-state index in [1.54, 1.807) is 28.6 Å². The first kappa shape index (κ1) is 17.9. The number of benzene rings is 2. The summed E-state index contributed by atoms with van der Waals surface area (Å²) in [5, 5.41) is 13.0. The van der Waals surface area contributed by atoms with E-state index >= 15 is 0 Å². The number of piperidine rings is 1. The van der Waals surface area contributed by atoms with Crippen LogP contribution in [0.1, 0.15) is 24.0 Å². The summed E-state index contributed by atoms with van der Waals surface area (Å²) in [6, 6.07) is 14.5. The zero-order chi connectivity index (χ0) is 17.9. The molecule has 1 saturated heterocycles. The average molecular weight is 360 g/mol. The maximum Gasteiger partial charge on any atom is 0.243 e. The SMILES string of the molecule is Cc1ccc(S(=O)(=O)N2CCC(NCc3cccc(O)c3)CC2)cc1. The van der Waals surface area contributed by atoms with Crippen LogP contribution in [0.4, 0.5) is 0 Å². The van der Waals surface area contributed by atoms with Crippen LogP contribution >= 0.6 is 0 Å². The molecule has 3 rings (SSSR count). The van der Waals surface area contributed by atoms with Crippen molar-refractivity contribution < 1.29 is 13.5 Å². The quantitative estimate of drug-likeness (QED) is 0.860. The Morgan fingerprint density at radius 1 is 1.12 bits per heavy atom. The average Bonchev–Trinajstić information content (AvgIpc) is 2.61. The number of hydrogen-bond donors (Lipinski definition) is 2. The predicted molar refractivity (Wildman–Crippen MR) is 97.9 cm³/mol. The number of phenols is 1. The topological polar surface area (TPSA) is 69.6 Å². The highest BCUT2D eigenvalue weighted by atomic mass is 32.2. The van der Waals surface area contributed by atoms with Gasteiger partial charge in [-0.3, -0.25) is 0 Å². The van der Waals surface area contributed by atoms with E-state index in [9.17, 15) is 13.5 Å². The highest BCUT2D eigenvalue weighted by Gasteiger charge is 2.29. The van der Waals surface area contributed by atoms with E-state index < -0.39 is 10.0 Å². The Hall–Kier alpha value is -1.89. The van der Waals surface area contributed by atoms with E-state index in [1.807, 2.05) is 31.2 Å². The Balaban J connectivity index is 1.55. The van der Waals surface area contributed by atoms with Crippen LogP contribution in [0, 0.1) is 6.92 Å². The summed E-state index contributed by atoms with van der Waals surface area (Å²) in [4.78, 5) is 0.365. The molecule has 1 aliphatic rings. The van der Waals surface area contributed by atoms with Gasteiger partial charge in [-0.1, -0.05) is 29.8 Å². The third-order valence-electron chi connectivity index (χ3n) is 4.62. The van der Waals surface area contributed by atoms with Crippen LogP contribution in [0.3, 0.4) is 0 Å². The normalized spacial score (nSPS) is 16.8. The molecule has 0 radical (unpaired) electrons. The Labute approximate surface area is 149 Å². The third kappa shape index (κ3) is 4.39. The van der Waals surface area contributed by atoms with Crippen LogP contribution in [0.25, 0.3) is 0 Å². The van der Waals surface area contributed by atoms with E-state index in [0.29, 0.717) is 24.5 Å². The van der Waals surface area contributed by atoms with Gasteiger partial charge >= 0.3 is 0 Å². The smallest absolute Gasteiger partial charge is 0.243 e. The van der Waals surface area contributed by atoms with Crippen molar-refractivity contribution >= 4 is 10.0 Å². The van der Waals surface area contributed by atoms with Crippen molar-refractivity contribution in [1.29, 1.82) is 0 Å². The van der Waals surface area contributed by atoms with Gasteiger partial charge in [-0.05, 0) is 49.6 Å². The zero-order valence-corrected chi connectivity index (χ0v) is 15.2. The van der Waals surface area contributed by atoms with Crippen molar-refractivity contribution in [3.05, 3.63) is 59.7 Å². The van der Waals surface area contributed by atoms with Crippen LogP contribution in [0.5, 0.6) is 5.75 Å². The minimum atomic E-state index is -3.40. The molecule has 1 aliphatic heterocycles. The summed E-state index contributed by atoms with van der Waals surface area (Å²) >= 11 is 0. The molecule has 0 aromatic heterocycles. The van der Waals surface area contributed by atoms with Crippen molar-refractivity contribution in [2.24, 2.45) is 0 Å². The van der Waals surface area contributed by atoms with Gasteiger partial charge in [0.15, 0.2) is 0 Å². The largest absolute Gasteiger partial charge is 0.508 e. The zero-order valence-electron chi connectivity index (χ0n) is 14.4. The summed E-state index contributed by atoms with van der Waals surface area (Å²) in [5.41, 5.74) is 2.07. The van der Waals surface area contributed by atoms with Gasteiger partial charge in [0.05, 0.1) is 4.90 Å². The lowest BCUT2D eigenvalue weighted by Crippen LogP contribution is -2.44. The number of aryl methyl sites for hydroxylation is 1. The summed E-state index contributed by atoms with van der Waals surface area (Å²) in [6.07, 6.45) is 1.56. The fourth-order valence-corrected chi connectivity index (χ4v) is 4.56. The number of sulfonamides is 1. The molecule has 0 bridgehead atoms. The van der Waals surface area contributed by atoms with Crippen molar-refractivity contribution in [2.45, 2.75) is 37.2 Å². The first-order valence-corrected chi connectivity index (χ1v) is 9.97. The number of hydrogen-bond acceptors (Lipinski definition) is 4. The molecule has 1 fully saturated rings. The first-order valence-electron chi connectivity index (χ1n) is 8.53. The lowest BCUT2D eigenvalue weighted by molar-refractivity contribution is 0.288. The highest BCUT2D eigenvalue weighted by molar-refractivity contribution is 7.89. The van der Waals surface area contributed by atoms with Gasteiger partial charge in [-0.25, -0.2) is 8.42 Å². The Kier molecular flexibility index (Phi) is 5.42. The molecule has 25 heavy (non-hydrogen) atoms. The molecule has 5 nitrogen and oxygen atoms in total. The third-order valence-corrected chi connectivity index (χ3v) is 6.53. The molecule has 134 valence electrons. The first-order chi connectivity index (χ1) is 11.9. The van der Waals surface area contributed by atoms with E-state index in [4.69, 9.17) is 0 Å². The van der Waals surface area contributed by atoms with Crippen LogP contribution in [-0.4, -0.2) is 37.0 Å². The molecule has 0 aliphatic carbocycles. The second-order valence-electron chi connectivity index (χ2n) is 6.54. The van der Waals surface area contributed by atoms with E-state index in [-0.39, 0.29) is 11.8 Å². The molecule has 6 heteroatoms. The van der Waals surface area contributed by atoms with Gasteiger partial charge in [0.1, 0.15) is 5.75 Å². The lowest BCUT2D eigenvalue weighted by atomic mass is 10.1. The number of phenolic OH excluding ortho intramolecular Hbond substituents is 1. The molecule has 0 unspecified atom stereocenters. The lowest BCUT2D eigenvalue weighted by Gasteiger charge is -2.31. The van der Waals surface area contributed by atoms with Gasteiger partial charge in [-0.2, -0.15) is 4.31 Å². The number of rotatable bonds is 5. The summed E-state index contributed by atoms with van der Waals surface area (Å²) < 4.78 is 27.0. The van der Waals surface area contributed by atoms with Crippen molar-refractivity contribution in [2.75, 3.05) is 13.1 Å². The second kappa shape index (κ2) is 7.56. The molecular weight excluding hydrogens is 336 g/mol. The summed E-state index contributed by atoms with van der Waals surface area (Å²) in [6.45, 7) is 3.66. The van der Waals surface area contributed by atoms with Crippen LogP contribution in [-0.2, 0) is 16.6 Å². The molecule has 0 atom stereocenters. The highest BCUT2D eigenvalue weighted by Crippen LogP contribution is 2.21. The van der Waals surface area contributed by atoms with Gasteiger partial charge < -0.3 is 10.4 Å². The van der Waals surface area contributed by atoms with Crippen LogP contribution in [0.15, 0.2) is 53.4 Å². The monoisotopic (exact) mass is 360 g/mol. The Bertz CT molecular complexity index is 811. The Morgan fingerprint density at radius 3 is 2.44 bits per heavy atom. The van der Waals surface area contributed by atoms with Crippen molar-refractivity contribution in [3.63, 3.8) is 0 Å². The van der Waals surface area contributed by atoms with Gasteiger partial charge in [0.2, 0.25) is 10.0 Å². The number of nitrogens with zero attached hydrogens (tertiary/aromatic N) is 1. The summed E-state index contributed by atoms with van der Waals surface area (Å²) in [7, 11) is -3.40. The molecule has 0 amide bonds. The molecule has 2 aromatic carbocycles. The molecule has 2 aromatic rings. The van der Waals surface area contributed by atoms with E-state index in [2.05, 4.69) is 5.32 Å². The molecule has 1 heterocycles. The van der Waals surface area contributed by atoms with Crippen LogP contribution < -0.4 is 5.32 Å². The number of nitrogens with one attached hydrogen (secondary N) is 1. The van der Waals surface area contributed by atoms with E-state index in [1.165, 1.54) is 0 Å². The molecule has 0 spiro atoms. The minimum Gasteiger partial charge on any atom is -0.508 e. The van der Waals surface area contributed by atoms with Gasteiger partial charge in [0, 0.05) is 25.7 Å². The van der Waals surface area contributed by atoms with Gasteiger partial charge in [-0.15, -0.1) is 0 Å². The minimum absolute atomic E-state index is 0.262. The maximum absolute atomic E-state index is 12.7. The van der Waals surface area contributed by atoms with Gasteiger partial charge in [0.25, 0.3) is 0 Å².